The van der Waals surface area contributed by atoms with E-state index in [2.05, 4.69) is 0 Å². The second kappa shape index (κ2) is 7.54. The van der Waals surface area contributed by atoms with Crippen LogP contribution < -0.4 is 10.5 Å². The average molecular weight is 273 g/mol. The third-order valence-corrected chi connectivity index (χ3v) is 3.34. The van der Waals surface area contributed by atoms with E-state index < -0.39 is 7.60 Å². The van der Waals surface area contributed by atoms with Crippen LogP contribution in [0.5, 0.6) is 5.75 Å². The van der Waals surface area contributed by atoms with Crippen molar-refractivity contribution in [2.75, 3.05) is 19.3 Å². The lowest BCUT2D eigenvalue weighted by atomic mass is 10.1. The Morgan fingerprint density at radius 1 is 1.28 bits per heavy atom. The number of rotatable bonds is 8. The monoisotopic (exact) mass is 273 g/mol. The lowest BCUT2D eigenvalue weighted by molar-refractivity contribution is 0.306. The summed E-state index contributed by atoms with van der Waals surface area (Å²) in [7, 11) is -3.86. The van der Waals surface area contributed by atoms with E-state index in [0.717, 1.165) is 17.7 Å². The molecule has 6 heteroatoms. The van der Waals surface area contributed by atoms with Gasteiger partial charge < -0.3 is 20.3 Å². The van der Waals surface area contributed by atoms with Gasteiger partial charge in [0.2, 0.25) is 0 Å². The highest BCUT2D eigenvalue weighted by molar-refractivity contribution is 7.51. The van der Waals surface area contributed by atoms with Crippen LogP contribution in [0.2, 0.25) is 0 Å². The Morgan fingerprint density at radius 2 is 2.06 bits per heavy atom. The molecule has 0 bridgehead atoms. The van der Waals surface area contributed by atoms with Gasteiger partial charge in [0.05, 0.1) is 6.61 Å². The zero-order valence-electron chi connectivity index (χ0n) is 10.3. The normalized spacial score (nSPS) is 11.5. The maximum absolute atomic E-state index is 10.6. The van der Waals surface area contributed by atoms with Crippen molar-refractivity contribution in [3.05, 3.63) is 29.8 Å². The molecule has 0 aliphatic rings. The van der Waals surface area contributed by atoms with Gasteiger partial charge in [-0.25, -0.2) is 0 Å². The molecule has 0 aliphatic heterocycles. The number of ether oxygens (including phenoxy) is 1. The summed E-state index contributed by atoms with van der Waals surface area (Å²) in [6.45, 7) is 1.07. The summed E-state index contributed by atoms with van der Waals surface area (Å²) >= 11 is 0. The molecular formula is C12H20NO4P. The van der Waals surface area contributed by atoms with E-state index in [-0.39, 0.29) is 6.16 Å². The van der Waals surface area contributed by atoms with Gasteiger partial charge in [-0.15, -0.1) is 0 Å². The number of unbranched alkanes of at least 4 members (excludes halogenated alkanes) is 1. The zero-order valence-corrected chi connectivity index (χ0v) is 11.2. The first-order valence-corrected chi connectivity index (χ1v) is 7.77. The Hall–Kier alpha value is -0.870. The summed E-state index contributed by atoms with van der Waals surface area (Å²) in [5.74, 6) is 0.775. The molecule has 4 N–H and O–H groups in total. The van der Waals surface area contributed by atoms with Crippen molar-refractivity contribution in [2.24, 2.45) is 5.73 Å². The molecule has 1 aromatic rings. The Labute approximate surface area is 107 Å². The molecule has 0 spiro atoms. The molecule has 1 rings (SSSR count). The summed E-state index contributed by atoms with van der Waals surface area (Å²) in [5.41, 5.74) is 6.61. The highest BCUT2D eigenvalue weighted by atomic mass is 31.2. The van der Waals surface area contributed by atoms with Crippen molar-refractivity contribution in [1.82, 2.24) is 0 Å². The lowest BCUT2D eigenvalue weighted by Gasteiger charge is -2.08. The van der Waals surface area contributed by atoms with E-state index in [1.54, 1.807) is 0 Å². The minimum absolute atomic E-state index is 0.0798. The topological polar surface area (TPSA) is 92.8 Å². The summed E-state index contributed by atoms with van der Waals surface area (Å²) < 4.78 is 16.1. The van der Waals surface area contributed by atoms with Gasteiger partial charge in [0.15, 0.2) is 0 Å². The van der Waals surface area contributed by atoms with Crippen LogP contribution in [0.25, 0.3) is 0 Å². The minimum Gasteiger partial charge on any atom is -0.494 e. The number of benzene rings is 1. The number of hydrogen-bond acceptors (Lipinski definition) is 3. The van der Waals surface area contributed by atoms with Crippen molar-refractivity contribution in [3.63, 3.8) is 0 Å². The van der Waals surface area contributed by atoms with Crippen LogP contribution in [-0.4, -0.2) is 29.1 Å². The highest BCUT2D eigenvalue weighted by Gasteiger charge is 2.11. The number of nitrogens with two attached hydrogens (primary N) is 1. The summed E-state index contributed by atoms with van der Waals surface area (Å²) in [5, 5.41) is 0. The molecule has 0 saturated heterocycles. The Bertz CT molecular complexity index is 405. The lowest BCUT2D eigenvalue weighted by Crippen LogP contribution is -2.03. The van der Waals surface area contributed by atoms with E-state index in [1.165, 1.54) is 0 Å². The molecule has 0 aliphatic carbocycles. The SMILES string of the molecule is NCCc1cccc(OCCCCP(=O)(O)O)c1. The van der Waals surface area contributed by atoms with Gasteiger partial charge in [0.25, 0.3) is 0 Å². The average Bonchev–Trinajstić information content (AvgIpc) is 2.28. The van der Waals surface area contributed by atoms with Gasteiger partial charge in [-0.05, 0) is 43.5 Å². The molecule has 0 heterocycles. The molecular weight excluding hydrogens is 253 g/mol. The maximum atomic E-state index is 10.6. The van der Waals surface area contributed by atoms with Crippen LogP contribution in [0.1, 0.15) is 18.4 Å². The predicted octanol–water partition coefficient (Wildman–Crippen LogP) is 1.52. The van der Waals surface area contributed by atoms with E-state index in [4.69, 9.17) is 20.3 Å². The van der Waals surface area contributed by atoms with Crippen molar-refractivity contribution < 1.29 is 19.1 Å². The van der Waals surface area contributed by atoms with Crippen molar-refractivity contribution in [3.8, 4) is 5.75 Å². The van der Waals surface area contributed by atoms with Crippen molar-refractivity contribution in [2.45, 2.75) is 19.3 Å². The van der Waals surface area contributed by atoms with Crippen molar-refractivity contribution in [1.29, 1.82) is 0 Å². The fourth-order valence-corrected chi connectivity index (χ4v) is 2.20. The standard InChI is InChI=1S/C12H20NO4P/c13-7-6-11-4-3-5-12(10-11)17-8-1-2-9-18(14,15)16/h3-5,10H,1-2,6-9,13H2,(H2,14,15,16). The van der Waals surface area contributed by atoms with Crippen LogP contribution >= 0.6 is 7.60 Å². The van der Waals surface area contributed by atoms with E-state index >= 15 is 0 Å². The van der Waals surface area contributed by atoms with Crippen LogP contribution in [-0.2, 0) is 11.0 Å². The van der Waals surface area contributed by atoms with Gasteiger partial charge in [0.1, 0.15) is 5.75 Å². The fraction of sp³-hybridized carbons (Fsp3) is 0.500. The first-order valence-electron chi connectivity index (χ1n) is 5.97. The second-order valence-corrected chi connectivity index (χ2v) is 5.91. The summed E-state index contributed by atoms with van der Waals surface area (Å²) in [6.07, 6.45) is 1.83. The van der Waals surface area contributed by atoms with Gasteiger partial charge in [-0.2, -0.15) is 0 Å². The molecule has 0 saturated carbocycles. The Kier molecular flexibility index (Phi) is 6.36. The molecule has 0 fully saturated rings. The van der Waals surface area contributed by atoms with Crippen LogP contribution in [0.3, 0.4) is 0 Å². The molecule has 0 amide bonds. The molecule has 18 heavy (non-hydrogen) atoms. The fourth-order valence-electron chi connectivity index (χ4n) is 1.57. The molecule has 102 valence electrons. The van der Waals surface area contributed by atoms with Crippen LogP contribution in [0.4, 0.5) is 0 Å². The Morgan fingerprint density at radius 3 is 2.72 bits per heavy atom. The smallest absolute Gasteiger partial charge is 0.325 e. The highest BCUT2D eigenvalue weighted by Crippen LogP contribution is 2.35. The third kappa shape index (κ3) is 6.77. The van der Waals surface area contributed by atoms with Gasteiger partial charge >= 0.3 is 7.60 Å². The molecule has 0 atom stereocenters. The van der Waals surface area contributed by atoms with Gasteiger partial charge in [-0.3, -0.25) is 4.57 Å². The molecule has 1 aromatic carbocycles. The molecule has 0 radical (unpaired) electrons. The predicted molar refractivity (Wildman–Crippen MR) is 70.8 cm³/mol. The third-order valence-electron chi connectivity index (χ3n) is 2.44. The molecule has 0 aromatic heterocycles. The van der Waals surface area contributed by atoms with Gasteiger partial charge in [0, 0.05) is 6.16 Å². The van der Waals surface area contributed by atoms with Crippen LogP contribution in [0.15, 0.2) is 24.3 Å². The zero-order chi connectivity index (χ0) is 13.4. The largest absolute Gasteiger partial charge is 0.494 e. The Balaban J connectivity index is 2.26. The quantitative estimate of drug-likeness (QED) is 0.493. The maximum Gasteiger partial charge on any atom is 0.325 e. The van der Waals surface area contributed by atoms with E-state index in [0.29, 0.717) is 26.0 Å². The first kappa shape index (κ1) is 15.2. The van der Waals surface area contributed by atoms with Gasteiger partial charge in [-0.1, -0.05) is 12.1 Å². The second-order valence-electron chi connectivity index (χ2n) is 4.13. The van der Waals surface area contributed by atoms with E-state index in [9.17, 15) is 4.57 Å². The molecule has 5 nitrogen and oxygen atoms in total. The minimum atomic E-state index is -3.86. The number of hydrogen-bond donors (Lipinski definition) is 3. The van der Waals surface area contributed by atoms with E-state index in [1.807, 2.05) is 24.3 Å². The first-order chi connectivity index (χ1) is 8.51. The summed E-state index contributed by atoms with van der Waals surface area (Å²) in [4.78, 5) is 17.4. The molecule has 0 unspecified atom stereocenters. The summed E-state index contributed by atoms with van der Waals surface area (Å²) in [6, 6.07) is 7.71. The van der Waals surface area contributed by atoms with Crippen molar-refractivity contribution >= 4 is 7.60 Å². The van der Waals surface area contributed by atoms with Crippen LogP contribution in [0, 0.1) is 0 Å².